The number of pyridine rings is 1. The van der Waals surface area contributed by atoms with E-state index in [0.717, 1.165) is 5.69 Å². The molecular formula is C16H19ClN6O3S. The van der Waals surface area contributed by atoms with Gasteiger partial charge in [-0.05, 0) is 25.5 Å². The smallest absolute Gasteiger partial charge is 0.314 e. The van der Waals surface area contributed by atoms with E-state index in [1.807, 2.05) is 6.92 Å². The molecule has 27 heavy (non-hydrogen) atoms. The fourth-order valence-electron chi connectivity index (χ4n) is 3.45. The van der Waals surface area contributed by atoms with Crippen LogP contribution in [-0.2, 0) is 23.1 Å². The molecule has 2 aromatic rings. The highest BCUT2D eigenvalue weighted by molar-refractivity contribution is 7.93. The van der Waals surface area contributed by atoms with E-state index in [4.69, 9.17) is 11.6 Å². The van der Waals surface area contributed by atoms with Crippen LogP contribution in [0.2, 0.25) is 5.15 Å². The zero-order valence-corrected chi connectivity index (χ0v) is 16.2. The number of hydrogen-bond acceptors (Lipinski definition) is 5. The maximum absolute atomic E-state index is 12.8. The minimum Gasteiger partial charge on any atom is -0.314 e. The van der Waals surface area contributed by atoms with Gasteiger partial charge in [-0.25, -0.2) is 18.2 Å². The summed E-state index contributed by atoms with van der Waals surface area (Å²) in [6.45, 7) is 3.13. The van der Waals surface area contributed by atoms with E-state index < -0.39 is 10.0 Å². The van der Waals surface area contributed by atoms with Gasteiger partial charge in [-0.2, -0.15) is 5.10 Å². The lowest BCUT2D eigenvalue weighted by molar-refractivity contribution is 0.162. The van der Waals surface area contributed by atoms with E-state index in [-0.39, 0.29) is 24.4 Å². The first-order valence-corrected chi connectivity index (χ1v) is 10.6. The van der Waals surface area contributed by atoms with Gasteiger partial charge < -0.3 is 10.2 Å². The lowest BCUT2D eigenvalue weighted by Crippen LogP contribution is -2.47. The van der Waals surface area contributed by atoms with Crippen molar-refractivity contribution in [3.05, 3.63) is 35.4 Å². The quantitative estimate of drug-likeness (QED) is 0.762. The lowest BCUT2D eigenvalue weighted by Gasteiger charge is -2.35. The molecule has 1 unspecified atom stereocenters. The summed E-state index contributed by atoms with van der Waals surface area (Å²) in [5.74, 6) is 0.140. The van der Waals surface area contributed by atoms with Crippen molar-refractivity contribution < 1.29 is 13.2 Å². The van der Waals surface area contributed by atoms with Crippen LogP contribution in [0.3, 0.4) is 0 Å². The number of amides is 2. The number of fused-ring (bicyclic) bond motifs is 1. The molecule has 2 aliphatic rings. The third-order valence-electron chi connectivity index (χ3n) is 4.82. The molecule has 2 amide bonds. The summed E-state index contributed by atoms with van der Waals surface area (Å²) in [6.07, 6.45) is 3.69. The number of carbonyl (C=O) groups is 1. The minimum absolute atomic E-state index is 0.0993. The fourth-order valence-corrected chi connectivity index (χ4v) is 5.20. The Hall–Kier alpha value is -2.33. The minimum atomic E-state index is -3.31. The van der Waals surface area contributed by atoms with Gasteiger partial charge in [0.25, 0.3) is 0 Å². The highest BCUT2D eigenvalue weighted by Crippen LogP contribution is 2.31. The zero-order valence-electron chi connectivity index (χ0n) is 14.7. The fraction of sp³-hybridized carbons (Fsp3) is 0.438. The van der Waals surface area contributed by atoms with Crippen LogP contribution in [-0.4, -0.2) is 52.5 Å². The Morgan fingerprint density at radius 2 is 2.22 bits per heavy atom. The Morgan fingerprint density at radius 3 is 2.93 bits per heavy atom. The van der Waals surface area contributed by atoms with E-state index in [0.29, 0.717) is 36.0 Å². The molecule has 2 aliphatic heterocycles. The third kappa shape index (κ3) is 3.34. The predicted octanol–water partition coefficient (Wildman–Crippen LogP) is 1.91. The standard InChI is InChI=1S/C16H19ClN6O3S/c1-11-9-22-14(13(8-19-22)23-5-2-6-27(23,25)26)10-21(11)16(24)20-12-3-4-18-15(17)7-12/h3-4,7-8,11H,2,5-6,9-10H2,1H3,(H,18,20,24). The van der Waals surface area contributed by atoms with Crippen molar-refractivity contribution in [2.75, 3.05) is 21.9 Å². The molecular weight excluding hydrogens is 392 g/mol. The van der Waals surface area contributed by atoms with Crippen LogP contribution in [0.1, 0.15) is 19.0 Å². The Morgan fingerprint density at radius 1 is 1.41 bits per heavy atom. The first-order chi connectivity index (χ1) is 12.8. The van der Waals surface area contributed by atoms with Gasteiger partial charge in [0.1, 0.15) is 5.15 Å². The molecule has 4 rings (SSSR count). The lowest BCUT2D eigenvalue weighted by atomic mass is 10.2. The second kappa shape index (κ2) is 6.68. The molecule has 11 heteroatoms. The molecule has 9 nitrogen and oxygen atoms in total. The Kier molecular flexibility index (Phi) is 4.47. The zero-order chi connectivity index (χ0) is 19.2. The van der Waals surface area contributed by atoms with Gasteiger partial charge in [0.05, 0.1) is 42.5 Å². The van der Waals surface area contributed by atoms with E-state index >= 15 is 0 Å². The molecule has 0 radical (unpaired) electrons. The largest absolute Gasteiger partial charge is 0.322 e. The summed E-state index contributed by atoms with van der Waals surface area (Å²) < 4.78 is 27.7. The maximum atomic E-state index is 12.8. The summed E-state index contributed by atoms with van der Waals surface area (Å²) in [4.78, 5) is 18.3. The summed E-state index contributed by atoms with van der Waals surface area (Å²) in [5, 5.41) is 7.44. The Bertz CT molecular complexity index is 992. The normalized spacial score (nSPS) is 21.2. The van der Waals surface area contributed by atoms with Crippen molar-refractivity contribution in [3.8, 4) is 0 Å². The molecule has 0 saturated carbocycles. The number of anilines is 2. The maximum Gasteiger partial charge on any atom is 0.322 e. The topological polar surface area (TPSA) is 100 Å². The molecule has 4 heterocycles. The van der Waals surface area contributed by atoms with Crippen LogP contribution >= 0.6 is 11.6 Å². The van der Waals surface area contributed by atoms with Crippen LogP contribution in [0.5, 0.6) is 0 Å². The number of aromatic nitrogens is 3. The molecule has 2 aromatic heterocycles. The number of sulfonamides is 1. The molecule has 0 spiro atoms. The third-order valence-corrected chi connectivity index (χ3v) is 6.88. The summed E-state index contributed by atoms with van der Waals surface area (Å²) in [5.41, 5.74) is 1.83. The molecule has 1 fully saturated rings. The molecule has 1 atom stereocenters. The number of rotatable bonds is 2. The number of carbonyl (C=O) groups excluding carboxylic acids is 1. The van der Waals surface area contributed by atoms with Gasteiger partial charge in [-0.15, -0.1) is 0 Å². The SMILES string of the molecule is CC1Cn2ncc(N3CCCS3(=O)=O)c2CN1C(=O)Nc1ccnc(Cl)c1. The van der Waals surface area contributed by atoms with Gasteiger partial charge in [-0.1, -0.05) is 11.6 Å². The first-order valence-electron chi connectivity index (χ1n) is 8.59. The average Bonchev–Trinajstić information content (AvgIpc) is 3.15. The van der Waals surface area contributed by atoms with E-state index in [1.165, 1.54) is 10.5 Å². The van der Waals surface area contributed by atoms with Gasteiger partial charge in [0, 0.05) is 18.4 Å². The van der Waals surface area contributed by atoms with E-state index in [1.54, 1.807) is 27.9 Å². The molecule has 1 saturated heterocycles. The Labute approximate surface area is 162 Å². The second-order valence-electron chi connectivity index (χ2n) is 6.67. The number of urea groups is 1. The molecule has 0 aliphatic carbocycles. The van der Waals surface area contributed by atoms with Gasteiger partial charge in [-0.3, -0.25) is 8.99 Å². The summed E-state index contributed by atoms with van der Waals surface area (Å²) >= 11 is 5.87. The second-order valence-corrected chi connectivity index (χ2v) is 9.07. The molecule has 0 aromatic carbocycles. The van der Waals surface area contributed by atoms with Crippen LogP contribution in [0.4, 0.5) is 16.2 Å². The number of nitrogens with one attached hydrogen (secondary N) is 1. The van der Waals surface area contributed by atoms with Crippen molar-refractivity contribution in [3.63, 3.8) is 0 Å². The van der Waals surface area contributed by atoms with E-state index in [2.05, 4.69) is 15.4 Å². The Balaban J connectivity index is 1.58. The van der Waals surface area contributed by atoms with Crippen LogP contribution in [0.25, 0.3) is 0 Å². The number of halogens is 1. The van der Waals surface area contributed by atoms with Crippen LogP contribution in [0, 0.1) is 0 Å². The van der Waals surface area contributed by atoms with Crippen molar-refractivity contribution in [2.24, 2.45) is 0 Å². The first kappa shape index (κ1) is 18.1. The number of nitrogens with zero attached hydrogens (tertiary/aromatic N) is 5. The van der Waals surface area contributed by atoms with Gasteiger partial charge in [0.15, 0.2) is 0 Å². The predicted molar refractivity (Wildman–Crippen MR) is 101 cm³/mol. The number of hydrogen-bond donors (Lipinski definition) is 1. The summed E-state index contributed by atoms with van der Waals surface area (Å²) in [6, 6.07) is 2.84. The van der Waals surface area contributed by atoms with Crippen LogP contribution in [0.15, 0.2) is 24.5 Å². The molecule has 1 N–H and O–H groups in total. The highest BCUT2D eigenvalue weighted by Gasteiger charge is 2.35. The monoisotopic (exact) mass is 410 g/mol. The average molecular weight is 411 g/mol. The summed E-state index contributed by atoms with van der Waals surface area (Å²) in [7, 11) is -3.31. The molecule has 0 bridgehead atoms. The van der Waals surface area contributed by atoms with Gasteiger partial charge >= 0.3 is 6.03 Å². The van der Waals surface area contributed by atoms with Gasteiger partial charge in [0.2, 0.25) is 10.0 Å². The van der Waals surface area contributed by atoms with Crippen LogP contribution < -0.4 is 9.62 Å². The van der Waals surface area contributed by atoms with Crippen molar-refractivity contribution in [2.45, 2.75) is 32.5 Å². The molecule has 144 valence electrons. The van der Waals surface area contributed by atoms with Crippen molar-refractivity contribution in [1.29, 1.82) is 0 Å². The van der Waals surface area contributed by atoms with E-state index in [9.17, 15) is 13.2 Å². The van der Waals surface area contributed by atoms with Crippen molar-refractivity contribution in [1.82, 2.24) is 19.7 Å². The highest BCUT2D eigenvalue weighted by atomic mass is 35.5. The van der Waals surface area contributed by atoms with Crippen molar-refractivity contribution >= 4 is 39.0 Å².